The summed E-state index contributed by atoms with van der Waals surface area (Å²) in [5.74, 6) is 0.622. The van der Waals surface area contributed by atoms with Gasteiger partial charge >= 0.3 is 18.2 Å². The molecule has 2 bridgehead atoms. The van der Waals surface area contributed by atoms with Crippen LogP contribution in [0.15, 0.2) is 24.0 Å². The minimum absolute atomic E-state index is 0.145. The second kappa shape index (κ2) is 10.1. The van der Waals surface area contributed by atoms with E-state index in [2.05, 4.69) is 10.2 Å². The number of amides is 2. The van der Waals surface area contributed by atoms with Crippen molar-refractivity contribution < 1.29 is 43.2 Å². The van der Waals surface area contributed by atoms with Crippen LogP contribution in [0.3, 0.4) is 0 Å². The van der Waals surface area contributed by atoms with Crippen LogP contribution in [-0.4, -0.2) is 104 Å². The minimum atomic E-state index is -1.19. The van der Waals surface area contributed by atoms with Gasteiger partial charge in [-0.2, -0.15) is 0 Å². The standard InChI is InChI=1S/C29H39N3O9/c1-27(2,3)41-25(34)30-15-17(24(33)38-7)32(5)26(35)39-19-10-11-29(36)20-14-16-8-9-18(37-6)22-21(16)28(29,23(19)40-22)12-13-31(20)4/h8-10,17,20,23,36H,11-15H2,1-7H3,(H,30,34)/t17-,20+,23-,28-,29+/m0/s1. The largest absolute Gasteiger partial charge is 0.493 e. The molecule has 5 atom stereocenters. The molecule has 2 amide bonds. The van der Waals surface area contributed by atoms with Gasteiger partial charge in [0.25, 0.3) is 0 Å². The van der Waals surface area contributed by atoms with E-state index in [1.165, 1.54) is 14.2 Å². The van der Waals surface area contributed by atoms with Gasteiger partial charge in [0.1, 0.15) is 17.4 Å². The molecule has 2 N–H and O–H groups in total. The van der Waals surface area contributed by atoms with Crippen LogP contribution < -0.4 is 14.8 Å². The number of rotatable bonds is 6. The zero-order valence-corrected chi connectivity index (χ0v) is 24.6. The first-order valence-corrected chi connectivity index (χ1v) is 13.8. The Hall–Kier alpha value is -3.51. The summed E-state index contributed by atoms with van der Waals surface area (Å²) in [6, 6.07) is 2.56. The molecule has 0 saturated carbocycles. The van der Waals surface area contributed by atoms with Crippen LogP contribution in [0.1, 0.15) is 44.7 Å². The fourth-order valence-electron chi connectivity index (χ4n) is 6.90. The fraction of sp³-hybridized carbons (Fsp3) is 0.621. The Morgan fingerprint density at radius 1 is 1.27 bits per heavy atom. The molecule has 2 heterocycles. The zero-order chi connectivity index (χ0) is 29.9. The Kier molecular flexibility index (Phi) is 7.14. The predicted molar refractivity (Wildman–Crippen MR) is 146 cm³/mol. The number of hydrogen-bond donors (Lipinski definition) is 2. The average Bonchev–Trinajstić information content (AvgIpc) is 3.26. The molecule has 1 spiro atoms. The van der Waals surface area contributed by atoms with Crippen molar-refractivity contribution in [2.45, 2.75) is 74.8 Å². The van der Waals surface area contributed by atoms with E-state index in [0.717, 1.165) is 22.6 Å². The van der Waals surface area contributed by atoms with Gasteiger partial charge in [-0.25, -0.2) is 14.4 Å². The lowest BCUT2D eigenvalue weighted by atomic mass is 9.50. The number of piperidine rings is 1. The van der Waals surface area contributed by atoms with Crippen molar-refractivity contribution in [2.24, 2.45) is 0 Å². The highest BCUT2D eigenvalue weighted by Crippen LogP contribution is 2.65. The van der Waals surface area contributed by atoms with Crippen molar-refractivity contribution in [3.05, 3.63) is 35.1 Å². The van der Waals surface area contributed by atoms with Crippen LogP contribution in [0.4, 0.5) is 9.59 Å². The zero-order valence-electron chi connectivity index (χ0n) is 24.6. The molecular formula is C29H39N3O9. The van der Waals surface area contributed by atoms with E-state index < -0.39 is 46.9 Å². The van der Waals surface area contributed by atoms with Crippen LogP contribution in [0, 0.1) is 0 Å². The number of benzene rings is 1. The number of carbonyl (C=O) groups is 3. The van der Waals surface area contributed by atoms with E-state index in [9.17, 15) is 19.5 Å². The summed E-state index contributed by atoms with van der Waals surface area (Å²) >= 11 is 0. The number of aliphatic hydroxyl groups is 1. The van der Waals surface area contributed by atoms with Crippen LogP contribution >= 0.6 is 0 Å². The molecule has 224 valence electrons. The van der Waals surface area contributed by atoms with Gasteiger partial charge in [0.15, 0.2) is 17.6 Å². The van der Waals surface area contributed by atoms with Crippen LogP contribution in [0.2, 0.25) is 0 Å². The molecule has 1 aromatic carbocycles. The van der Waals surface area contributed by atoms with E-state index in [-0.39, 0.29) is 24.8 Å². The average molecular weight is 574 g/mol. The molecule has 5 rings (SSSR count). The molecule has 0 radical (unpaired) electrons. The number of methoxy groups -OCH3 is 2. The van der Waals surface area contributed by atoms with Gasteiger partial charge < -0.3 is 39.0 Å². The summed E-state index contributed by atoms with van der Waals surface area (Å²) in [4.78, 5) is 41.5. The molecule has 2 aliphatic carbocycles. The van der Waals surface area contributed by atoms with Crippen molar-refractivity contribution in [1.29, 1.82) is 0 Å². The topological polar surface area (TPSA) is 136 Å². The van der Waals surface area contributed by atoms with E-state index in [1.807, 2.05) is 19.2 Å². The highest BCUT2D eigenvalue weighted by molar-refractivity contribution is 5.82. The van der Waals surface area contributed by atoms with Crippen LogP contribution in [0.25, 0.3) is 0 Å². The highest BCUT2D eigenvalue weighted by atomic mass is 16.6. The predicted octanol–water partition coefficient (Wildman–Crippen LogP) is 2.11. The molecule has 12 nitrogen and oxygen atoms in total. The SMILES string of the molecule is COC(=O)[C@H](CNC(=O)OC(C)(C)C)N(C)C(=O)OC1=CC[C@@]2(O)[C@H]3Cc4ccc(OC)c5c4[C@@]2(CCN3C)[C@H]1O5. The number of likely N-dealkylation sites (N-methyl/N-ethyl adjacent to an activating group) is 2. The number of esters is 1. The van der Waals surface area contributed by atoms with E-state index in [4.69, 9.17) is 23.7 Å². The van der Waals surface area contributed by atoms with Crippen LogP contribution in [-0.2, 0) is 30.8 Å². The number of likely N-dealkylation sites (tertiary alicyclic amines) is 1. The molecule has 1 saturated heterocycles. The molecule has 4 aliphatic rings. The maximum Gasteiger partial charge on any atom is 0.415 e. The smallest absolute Gasteiger partial charge is 0.415 e. The van der Waals surface area contributed by atoms with Gasteiger partial charge in [0.05, 0.1) is 31.8 Å². The number of hydrogen-bond acceptors (Lipinski definition) is 10. The molecule has 12 heteroatoms. The van der Waals surface area contributed by atoms with Crippen molar-refractivity contribution in [3.8, 4) is 11.5 Å². The van der Waals surface area contributed by atoms with Gasteiger partial charge in [0.2, 0.25) is 0 Å². The Bertz CT molecular complexity index is 1290. The lowest BCUT2D eigenvalue weighted by Crippen LogP contribution is -2.74. The second-order valence-electron chi connectivity index (χ2n) is 12.2. The summed E-state index contributed by atoms with van der Waals surface area (Å²) in [6.45, 7) is 5.62. The van der Waals surface area contributed by atoms with E-state index in [0.29, 0.717) is 24.3 Å². The van der Waals surface area contributed by atoms with Gasteiger partial charge in [-0.3, -0.25) is 4.90 Å². The Labute approximate surface area is 239 Å². The summed E-state index contributed by atoms with van der Waals surface area (Å²) in [5.41, 5.74) is -0.739. The van der Waals surface area contributed by atoms with Crippen molar-refractivity contribution >= 4 is 18.2 Å². The third-order valence-electron chi connectivity index (χ3n) is 8.83. The maximum atomic E-state index is 13.5. The first-order chi connectivity index (χ1) is 19.3. The van der Waals surface area contributed by atoms with Crippen LogP contribution in [0.5, 0.6) is 11.5 Å². The molecule has 2 aliphatic heterocycles. The van der Waals surface area contributed by atoms with Gasteiger partial charge in [0, 0.05) is 25.1 Å². The summed E-state index contributed by atoms with van der Waals surface area (Å²) in [6.07, 6.45) is 0.847. The Morgan fingerprint density at radius 3 is 2.66 bits per heavy atom. The second-order valence-corrected chi connectivity index (χ2v) is 12.2. The van der Waals surface area contributed by atoms with Crippen molar-refractivity contribution in [3.63, 3.8) is 0 Å². The summed E-state index contributed by atoms with van der Waals surface area (Å²) in [5, 5.41) is 14.8. The minimum Gasteiger partial charge on any atom is -0.493 e. The van der Waals surface area contributed by atoms with Crippen molar-refractivity contribution in [2.75, 3.05) is 41.4 Å². The Balaban J connectivity index is 1.42. The van der Waals surface area contributed by atoms with Gasteiger partial charge in [-0.1, -0.05) is 6.07 Å². The molecule has 1 fully saturated rings. The monoisotopic (exact) mass is 573 g/mol. The quantitative estimate of drug-likeness (QED) is 0.385. The third-order valence-corrected chi connectivity index (χ3v) is 8.83. The van der Waals surface area contributed by atoms with Crippen molar-refractivity contribution in [1.82, 2.24) is 15.1 Å². The summed E-state index contributed by atoms with van der Waals surface area (Å²) < 4.78 is 28.2. The third kappa shape index (κ3) is 4.47. The molecule has 41 heavy (non-hydrogen) atoms. The normalized spacial score (nSPS) is 28.3. The lowest BCUT2D eigenvalue weighted by molar-refractivity contribution is -0.163. The maximum absolute atomic E-state index is 13.5. The lowest BCUT2D eigenvalue weighted by Gasteiger charge is -2.61. The van der Waals surface area contributed by atoms with Gasteiger partial charge in [-0.15, -0.1) is 0 Å². The Morgan fingerprint density at radius 2 is 2.00 bits per heavy atom. The highest BCUT2D eigenvalue weighted by Gasteiger charge is 2.72. The summed E-state index contributed by atoms with van der Waals surface area (Å²) in [7, 11) is 6.16. The number of carbonyl (C=O) groups excluding carboxylic acids is 3. The number of alkyl carbamates (subject to hydrolysis) is 1. The molecule has 0 unspecified atom stereocenters. The molecule has 1 aromatic rings. The molecular weight excluding hydrogens is 534 g/mol. The van der Waals surface area contributed by atoms with Gasteiger partial charge in [-0.05, 0) is 64.9 Å². The number of nitrogens with one attached hydrogen (secondary N) is 1. The number of nitrogens with zero attached hydrogens (tertiary/aromatic N) is 2. The first-order valence-electron chi connectivity index (χ1n) is 13.8. The molecule has 0 aromatic heterocycles. The van der Waals surface area contributed by atoms with E-state index >= 15 is 0 Å². The van der Waals surface area contributed by atoms with E-state index in [1.54, 1.807) is 34.0 Å². The fourth-order valence-corrected chi connectivity index (χ4v) is 6.90. The first kappa shape index (κ1) is 29.0. The number of ether oxygens (including phenoxy) is 5.